The van der Waals surface area contributed by atoms with Gasteiger partial charge >= 0.3 is 0 Å². The van der Waals surface area contributed by atoms with Crippen molar-refractivity contribution < 1.29 is 9.53 Å². The van der Waals surface area contributed by atoms with E-state index in [1.54, 1.807) is 36.2 Å². The molecule has 2 unspecified atom stereocenters. The first-order valence-electron chi connectivity index (χ1n) is 14.7. The van der Waals surface area contributed by atoms with Crippen LogP contribution in [-0.4, -0.2) is 49.5 Å². The summed E-state index contributed by atoms with van der Waals surface area (Å²) in [6.07, 6.45) is 3.18. The predicted molar refractivity (Wildman–Crippen MR) is 179 cm³/mol. The molecule has 2 fully saturated rings. The second-order valence-electron chi connectivity index (χ2n) is 11.2. The van der Waals surface area contributed by atoms with Gasteiger partial charge in [-0.05, 0) is 57.9 Å². The molecule has 44 heavy (non-hydrogen) atoms. The fraction of sp³-hybridized carbons (Fsp3) is 0.406. The van der Waals surface area contributed by atoms with E-state index in [1.165, 1.54) is 9.58 Å². The van der Waals surface area contributed by atoms with Gasteiger partial charge in [0.2, 0.25) is 0 Å². The predicted octanol–water partition coefficient (Wildman–Crippen LogP) is 4.65. The molecule has 2 saturated heterocycles. The molecule has 10 nitrogen and oxygen atoms in total. The molecule has 0 saturated carbocycles. The molecule has 2 aliphatic heterocycles. The molecule has 0 bridgehead atoms. The van der Waals surface area contributed by atoms with Crippen molar-refractivity contribution in [1.29, 1.82) is 5.26 Å². The number of ether oxygens (including phenoxy) is 1. The number of nitrogens with zero attached hydrogens (tertiary/aromatic N) is 6. The third kappa shape index (κ3) is 5.44. The van der Waals surface area contributed by atoms with Gasteiger partial charge in [0.05, 0.1) is 28.5 Å². The number of nitriles is 1. The molecule has 0 radical (unpaired) electrons. The average molecular weight is 633 g/mol. The Bertz CT molecular complexity index is 1820. The minimum Gasteiger partial charge on any atom is -0.372 e. The number of rotatable bonds is 7. The number of para-hydroxylation sites is 1. The Kier molecular flexibility index (Phi) is 9.02. The molecule has 2 atom stereocenters. The normalized spacial score (nSPS) is 19.7. The van der Waals surface area contributed by atoms with Gasteiger partial charge in [0, 0.05) is 32.2 Å². The fourth-order valence-corrected chi connectivity index (χ4v) is 7.22. The van der Waals surface area contributed by atoms with Gasteiger partial charge < -0.3 is 9.64 Å². The topological polar surface area (TPSA) is 106 Å². The quantitative estimate of drug-likeness (QED) is 0.274. The summed E-state index contributed by atoms with van der Waals surface area (Å²) in [6, 6.07) is 11.3. The van der Waals surface area contributed by atoms with Crippen LogP contribution in [0.4, 0.5) is 11.5 Å². The SMILES string of the molecule is CCCCn1c(N2CC(C)OC(C)C2)c(C=C2SC(=S)N(c3c(C)n(C)n(-c4ccccc4)c3=O)C2=O)c(C)c(C#N)c1=O. The van der Waals surface area contributed by atoms with Crippen LogP contribution in [0.25, 0.3) is 11.8 Å². The summed E-state index contributed by atoms with van der Waals surface area (Å²) >= 11 is 6.80. The minimum atomic E-state index is -0.426. The van der Waals surface area contributed by atoms with Crippen LogP contribution in [0, 0.1) is 25.2 Å². The highest BCUT2D eigenvalue weighted by Crippen LogP contribution is 2.39. The van der Waals surface area contributed by atoms with Gasteiger partial charge in [-0.3, -0.25) is 28.5 Å². The van der Waals surface area contributed by atoms with E-state index in [1.807, 2.05) is 51.1 Å². The Balaban J connectivity index is 1.68. The average Bonchev–Trinajstić information content (AvgIpc) is 3.37. The third-order valence-corrected chi connectivity index (χ3v) is 9.42. The highest BCUT2D eigenvalue weighted by Gasteiger charge is 2.38. The summed E-state index contributed by atoms with van der Waals surface area (Å²) in [4.78, 5) is 45.2. The molecule has 12 heteroatoms. The van der Waals surface area contributed by atoms with Gasteiger partial charge in [-0.15, -0.1) is 0 Å². The van der Waals surface area contributed by atoms with Crippen LogP contribution in [0.5, 0.6) is 0 Å². The molecule has 0 N–H and O–H groups in total. The molecule has 4 heterocycles. The highest BCUT2D eigenvalue weighted by atomic mass is 32.2. The van der Waals surface area contributed by atoms with Crippen LogP contribution in [0.15, 0.2) is 44.8 Å². The summed E-state index contributed by atoms with van der Waals surface area (Å²) in [5, 5.41) is 10.0. The Morgan fingerprint density at radius 3 is 2.36 bits per heavy atom. The number of thiocarbonyl (C=S) groups is 1. The first-order valence-corrected chi connectivity index (χ1v) is 15.9. The number of carbonyl (C=O) groups excluding carboxylic acids is 1. The number of aromatic nitrogens is 3. The number of morpholine rings is 1. The molecule has 3 aromatic rings. The number of amides is 1. The van der Waals surface area contributed by atoms with E-state index in [4.69, 9.17) is 17.0 Å². The van der Waals surface area contributed by atoms with E-state index >= 15 is 0 Å². The van der Waals surface area contributed by atoms with Crippen molar-refractivity contribution in [2.24, 2.45) is 7.05 Å². The summed E-state index contributed by atoms with van der Waals surface area (Å²) in [5.74, 6) is 0.236. The second kappa shape index (κ2) is 12.6. The Morgan fingerprint density at radius 2 is 1.75 bits per heavy atom. The molecule has 0 spiro atoms. The lowest BCUT2D eigenvalue weighted by molar-refractivity contribution is -0.113. The molecule has 1 amide bonds. The smallest absolute Gasteiger partial charge is 0.296 e. The van der Waals surface area contributed by atoms with Crippen molar-refractivity contribution in [2.75, 3.05) is 22.9 Å². The monoisotopic (exact) mass is 632 g/mol. The van der Waals surface area contributed by atoms with Crippen molar-refractivity contribution in [1.82, 2.24) is 13.9 Å². The van der Waals surface area contributed by atoms with Gasteiger partial charge in [0.1, 0.15) is 23.1 Å². The number of hydrogen-bond acceptors (Lipinski definition) is 8. The maximum Gasteiger partial charge on any atom is 0.296 e. The maximum atomic E-state index is 14.1. The first kappa shape index (κ1) is 31.5. The van der Waals surface area contributed by atoms with Crippen LogP contribution in [0.2, 0.25) is 0 Å². The zero-order valence-corrected chi connectivity index (χ0v) is 27.4. The summed E-state index contributed by atoms with van der Waals surface area (Å²) in [6.45, 7) is 11.1. The van der Waals surface area contributed by atoms with E-state index in [9.17, 15) is 19.6 Å². The van der Waals surface area contributed by atoms with Crippen molar-refractivity contribution in [3.8, 4) is 11.8 Å². The van der Waals surface area contributed by atoms with Crippen LogP contribution < -0.4 is 20.9 Å². The van der Waals surface area contributed by atoms with E-state index in [-0.39, 0.29) is 38.9 Å². The molecule has 230 valence electrons. The van der Waals surface area contributed by atoms with Crippen LogP contribution >= 0.6 is 24.0 Å². The first-order chi connectivity index (χ1) is 21.0. The lowest BCUT2D eigenvalue weighted by Gasteiger charge is -2.39. The standard InChI is InChI=1S/C32H36N6O4S2/c1-7-8-14-36-28(35-17-19(2)42-20(3)18-35)24(21(4)25(16-33)29(36)39)15-26-30(40)37(32(43)44-26)27-22(5)34(6)38(31(27)41)23-12-10-9-11-13-23/h9-13,15,19-20H,7-8,14,17-18H2,1-6H3. The van der Waals surface area contributed by atoms with Gasteiger partial charge in [-0.1, -0.05) is 55.5 Å². The molecule has 2 aromatic heterocycles. The van der Waals surface area contributed by atoms with Crippen molar-refractivity contribution in [2.45, 2.75) is 66.2 Å². The largest absolute Gasteiger partial charge is 0.372 e. The summed E-state index contributed by atoms with van der Waals surface area (Å²) in [7, 11) is 1.77. The molecular weight excluding hydrogens is 597 g/mol. The number of thioether (sulfide) groups is 1. The zero-order valence-electron chi connectivity index (χ0n) is 25.8. The van der Waals surface area contributed by atoms with Gasteiger partial charge in [-0.25, -0.2) is 4.68 Å². The Hall–Kier alpha value is -3.92. The zero-order chi connectivity index (χ0) is 31.9. The summed E-state index contributed by atoms with van der Waals surface area (Å²) in [5.41, 5.74) is 1.91. The van der Waals surface area contributed by atoms with Crippen LogP contribution in [-0.2, 0) is 23.1 Å². The number of benzene rings is 1. The molecule has 0 aliphatic carbocycles. The van der Waals surface area contributed by atoms with Crippen LogP contribution in [0.1, 0.15) is 56.0 Å². The van der Waals surface area contributed by atoms with E-state index in [0.29, 0.717) is 52.9 Å². The second-order valence-corrected chi connectivity index (χ2v) is 12.9. The molecule has 1 aromatic carbocycles. The maximum absolute atomic E-state index is 14.1. The number of unbranched alkanes of at least 4 members (excludes halogenated alkanes) is 1. The minimum absolute atomic E-state index is 0.0468. The van der Waals surface area contributed by atoms with Gasteiger partial charge in [0.15, 0.2) is 4.32 Å². The van der Waals surface area contributed by atoms with Crippen LogP contribution in [0.3, 0.4) is 0 Å². The third-order valence-electron chi connectivity index (χ3n) is 8.12. The molecular formula is C32H36N6O4S2. The molecule has 5 rings (SSSR count). The Morgan fingerprint density at radius 1 is 1.09 bits per heavy atom. The number of hydrogen-bond donors (Lipinski definition) is 0. The number of pyridine rings is 1. The molecule has 2 aliphatic rings. The van der Waals surface area contributed by atoms with E-state index in [2.05, 4.69) is 11.0 Å². The van der Waals surface area contributed by atoms with Gasteiger partial charge in [-0.2, -0.15) is 5.26 Å². The lowest BCUT2D eigenvalue weighted by Crippen LogP contribution is -2.48. The van der Waals surface area contributed by atoms with Crippen molar-refractivity contribution in [3.05, 3.63) is 78.3 Å². The Labute approximate surface area is 266 Å². The highest BCUT2D eigenvalue weighted by molar-refractivity contribution is 8.27. The van der Waals surface area contributed by atoms with Crippen molar-refractivity contribution in [3.63, 3.8) is 0 Å². The van der Waals surface area contributed by atoms with E-state index < -0.39 is 5.91 Å². The van der Waals surface area contributed by atoms with Crippen molar-refractivity contribution >= 4 is 51.8 Å². The fourth-order valence-electron chi connectivity index (χ4n) is 5.96. The summed E-state index contributed by atoms with van der Waals surface area (Å²) < 4.78 is 11.1. The van der Waals surface area contributed by atoms with E-state index in [0.717, 1.165) is 24.6 Å². The lowest BCUT2D eigenvalue weighted by atomic mass is 10.0. The number of anilines is 2. The number of carbonyl (C=O) groups is 1. The van der Waals surface area contributed by atoms with Gasteiger partial charge in [0.25, 0.3) is 17.0 Å².